The Hall–Kier alpha value is -1.08. The number of carboxylic acids is 1. The molecule has 0 aromatic heterocycles. The lowest BCUT2D eigenvalue weighted by Crippen LogP contribution is -2.44. The van der Waals surface area contributed by atoms with E-state index in [1.165, 1.54) is 0 Å². The Morgan fingerprint density at radius 1 is 1.36 bits per heavy atom. The van der Waals surface area contributed by atoms with Gasteiger partial charge in [0, 0.05) is 10.6 Å². The number of nitrogens with two attached hydrogens (primary N) is 1. The highest BCUT2D eigenvalue weighted by molar-refractivity contribution is 6.40. The third kappa shape index (κ3) is 3.10. The van der Waals surface area contributed by atoms with Crippen LogP contribution in [-0.4, -0.2) is 28.2 Å². The highest BCUT2D eigenvalue weighted by Crippen LogP contribution is 2.50. The standard InChI is InChI=1S/C18H25BClNO4/c1-17(16(22)23)12(4-2-7-19(24)25)8-11-9-15(20)14(10-13(11)17)18(21)5-3-6-18/h9-10,12,24-25H,2-8,21H2,1H3,(H,22,23)/t12-,17-/m0/s1. The predicted molar refractivity (Wildman–Crippen MR) is 97.6 cm³/mol. The summed E-state index contributed by atoms with van der Waals surface area (Å²) in [5, 5.41) is 28.7. The van der Waals surface area contributed by atoms with Crippen LogP contribution in [0.1, 0.15) is 55.7 Å². The van der Waals surface area contributed by atoms with Crippen molar-refractivity contribution in [2.75, 3.05) is 0 Å². The van der Waals surface area contributed by atoms with Gasteiger partial charge in [-0.3, -0.25) is 4.79 Å². The quantitative estimate of drug-likeness (QED) is 0.580. The maximum Gasteiger partial charge on any atom is 0.451 e. The number of aliphatic carboxylic acids is 1. The number of fused-ring (bicyclic) bond motifs is 1. The van der Waals surface area contributed by atoms with Gasteiger partial charge < -0.3 is 20.9 Å². The number of benzene rings is 1. The number of carboxylic acid groups (broad SMARTS) is 1. The van der Waals surface area contributed by atoms with E-state index < -0.39 is 24.0 Å². The van der Waals surface area contributed by atoms with Crippen molar-refractivity contribution in [2.24, 2.45) is 11.7 Å². The lowest BCUT2D eigenvalue weighted by atomic mass is 9.69. The van der Waals surface area contributed by atoms with Crippen LogP contribution in [0.25, 0.3) is 0 Å². The van der Waals surface area contributed by atoms with Gasteiger partial charge in [0.25, 0.3) is 0 Å². The lowest BCUT2D eigenvalue weighted by molar-refractivity contribution is -0.145. The molecule has 0 unspecified atom stereocenters. The van der Waals surface area contributed by atoms with Crippen LogP contribution < -0.4 is 5.73 Å². The molecular formula is C18H25BClNO4. The molecule has 2 aliphatic carbocycles. The van der Waals surface area contributed by atoms with Crippen LogP contribution in [0, 0.1) is 5.92 Å². The fraction of sp³-hybridized carbons (Fsp3) is 0.611. The number of carbonyl (C=O) groups is 1. The zero-order chi connectivity index (χ0) is 18.4. The van der Waals surface area contributed by atoms with E-state index in [0.717, 1.165) is 36.0 Å². The van der Waals surface area contributed by atoms with E-state index in [1.54, 1.807) is 6.92 Å². The molecule has 0 spiro atoms. The first-order valence-electron chi connectivity index (χ1n) is 8.90. The fourth-order valence-electron chi connectivity index (χ4n) is 4.39. The molecule has 2 aliphatic rings. The highest BCUT2D eigenvalue weighted by Gasteiger charge is 2.50. The van der Waals surface area contributed by atoms with Gasteiger partial charge in [0.2, 0.25) is 0 Å². The van der Waals surface area contributed by atoms with E-state index in [0.29, 0.717) is 24.3 Å². The Morgan fingerprint density at radius 3 is 2.56 bits per heavy atom. The molecule has 2 atom stereocenters. The van der Waals surface area contributed by atoms with Crippen LogP contribution in [0.15, 0.2) is 12.1 Å². The van der Waals surface area contributed by atoms with Crippen molar-refractivity contribution in [3.05, 3.63) is 33.8 Å². The second-order valence-corrected chi connectivity index (χ2v) is 8.23. The SMILES string of the molecule is C[C@@]1(C(=O)O)c2cc(C3(N)CCC3)c(Cl)cc2C[C@@H]1CCCB(O)O. The van der Waals surface area contributed by atoms with Gasteiger partial charge in [0.05, 0.1) is 5.41 Å². The minimum atomic E-state index is -1.35. The summed E-state index contributed by atoms with van der Waals surface area (Å²) in [6, 6.07) is 3.81. The fourth-order valence-corrected chi connectivity index (χ4v) is 4.77. The van der Waals surface area contributed by atoms with E-state index in [2.05, 4.69) is 0 Å². The summed E-state index contributed by atoms with van der Waals surface area (Å²) < 4.78 is 0. The Bertz CT molecular complexity index is 692. The largest absolute Gasteiger partial charge is 0.481 e. The molecule has 1 saturated carbocycles. The van der Waals surface area contributed by atoms with E-state index >= 15 is 0 Å². The van der Waals surface area contributed by atoms with Crippen LogP contribution >= 0.6 is 11.6 Å². The van der Waals surface area contributed by atoms with E-state index in [-0.39, 0.29) is 12.2 Å². The minimum absolute atomic E-state index is 0.0971. The third-order valence-electron chi connectivity index (χ3n) is 6.28. The normalized spacial score (nSPS) is 26.8. The molecule has 1 fully saturated rings. The van der Waals surface area contributed by atoms with Crippen LogP contribution in [-0.2, 0) is 22.2 Å². The molecule has 1 aromatic carbocycles. The van der Waals surface area contributed by atoms with Gasteiger partial charge >= 0.3 is 13.1 Å². The molecule has 136 valence electrons. The van der Waals surface area contributed by atoms with Crippen molar-refractivity contribution < 1.29 is 19.9 Å². The van der Waals surface area contributed by atoms with Gasteiger partial charge in [-0.15, -0.1) is 0 Å². The zero-order valence-electron chi connectivity index (χ0n) is 14.5. The molecule has 0 heterocycles. The molecule has 5 N–H and O–H groups in total. The molecule has 1 aromatic rings. The van der Waals surface area contributed by atoms with E-state index in [1.807, 2.05) is 12.1 Å². The maximum absolute atomic E-state index is 12.2. The summed E-state index contributed by atoms with van der Waals surface area (Å²) >= 11 is 6.48. The van der Waals surface area contributed by atoms with Crippen molar-refractivity contribution in [2.45, 2.75) is 62.7 Å². The second-order valence-electron chi connectivity index (χ2n) is 7.82. The topological polar surface area (TPSA) is 104 Å². The minimum Gasteiger partial charge on any atom is -0.481 e. The zero-order valence-corrected chi connectivity index (χ0v) is 15.2. The van der Waals surface area contributed by atoms with E-state index in [9.17, 15) is 9.90 Å². The first kappa shape index (κ1) is 18.7. The molecule has 0 amide bonds. The van der Waals surface area contributed by atoms with Gasteiger partial charge in [0.1, 0.15) is 0 Å². The van der Waals surface area contributed by atoms with Crippen LogP contribution in [0.5, 0.6) is 0 Å². The van der Waals surface area contributed by atoms with Crippen molar-refractivity contribution in [3.63, 3.8) is 0 Å². The summed E-state index contributed by atoms with van der Waals surface area (Å²) in [5.74, 6) is -0.950. The second kappa shape index (κ2) is 6.58. The van der Waals surface area contributed by atoms with Gasteiger partial charge in [-0.25, -0.2) is 0 Å². The molecule has 0 radical (unpaired) electrons. The Labute approximate surface area is 153 Å². The average molecular weight is 366 g/mol. The molecule has 7 heteroatoms. The van der Waals surface area contributed by atoms with Crippen molar-refractivity contribution >= 4 is 24.7 Å². The van der Waals surface area contributed by atoms with Gasteiger partial charge in [-0.2, -0.15) is 0 Å². The molecule has 5 nitrogen and oxygen atoms in total. The molecule has 0 bridgehead atoms. The van der Waals surface area contributed by atoms with Crippen LogP contribution in [0.4, 0.5) is 0 Å². The number of hydrogen-bond acceptors (Lipinski definition) is 4. The summed E-state index contributed by atoms with van der Waals surface area (Å²) in [6.07, 6.45) is 4.88. The smallest absolute Gasteiger partial charge is 0.451 e. The van der Waals surface area contributed by atoms with E-state index in [4.69, 9.17) is 27.4 Å². The average Bonchev–Trinajstić information content (AvgIpc) is 2.77. The molecular weight excluding hydrogens is 340 g/mol. The monoisotopic (exact) mass is 365 g/mol. The predicted octanol–water partition coefficient (Wildman–Crippen LogP) is 2.45. The first-order chi connectivity index (χ1) is 11.7. The lowest BCUT2D eigenvalue weighted by Gasteiger charge is -2.40. The molecule has 25 heavy (non-hydrogen) atoms. The summed E-state index contributed by atoms with van der Waals surface area (Å²) in [4.78, 5) is 12.2. The Balaban J connectivity index is 1.95. The van der Waals surface area contributed by atoms with Crippen LogP contribution in [0.2, 0.25) is 11.3 Å². The first-order valence-corrected chi connectivity index (χ1v) is 9.28. The summed E-state index contributed by atoms with van der Waals surface area (Å²) in [6.45, 7) is 1.77. The van der Waals surface area contributed by atoms with Gasteiger partial charge in [0.15, 0.2) is 0 Å². The summed E-state index contributed by atoms with van der Waals surface area (Å²) in [5.41, 5.74) is 7.64. The Kier molecular flexibility index (Phi) is 4.92. The number of rotatable bonds is 6. The number of halogens is 1. The van der Waals surface area contributed by atoms with Crippen molar-refractivity contribution in [3.8, 4) is 0 Å². The molecule has 3 rings (SSSR count). The Morgan fingerprint density at radius 2 is 2.04 bits per heavy atom. The number of hydrogen-bond donors (Lipinski definition) is 4. The summed E-state index contributed by atoms with van der Waals surface area (Å²) in [7, 11) is -1.35. The van der Waals surface area contributed by atoms with Gasteiger partial charge in [-0.1, -0.05) is 24.1 Å². The highest BCUT2D eigenvalue weighted by atomic mass is 35.5. The van der Waals surface area contributed by atoms with Crippen LogP contribution in [0.3, 0.4) is 0 Å². The molecule has 0 aliphatic heterocycles. The third-order valence-corrected chi connectivity index (χ3v) is 6.59. The molecule has 0 saturated heterocycles. The van der Waals surface area contributed by atoms with Gasteiger partial charge in [-0.05, 0) is 74.0 Å². The van der Waals surface area contributed by atoms with Crippen molar-refractivity contribution in [1.82, 2.24) is 0 Å². The van der Waals surface area contributed by atoms with Crippen molar-refractivity contribution in [1.29, 1.82) is 0 Å². The maximum atomic E-state index is 12.2.